The number of benzene rings is 1. The van der Waals surface area contributed by atoms with Crippen molar-refractivity contribution in [3.63, 3.8) is 0 Å². The van der Waals surface area contributed by atoms with E-state index in [9.17, 15) is 24.5 Å². The zero-order valence-corrected chi connectivity index (χ0v) is 18.4. The van der Waals surface area contributed by atoms with Crippen molar-refractivity contribution in [2.45, 2.75) is 13.3 Å². The van der Waals surface area contributed by atoms with E-state index in [-0.39, 0.29) is 40.8 Å². The van der Waals surface area contributed by atoms with Gasteiger partial charge in [-0.1, -0.05) is 29.3 Å². The summed E-state index contributed by atoms with van der Waals surface area (Å²) in [4.78, 5) is 53.2. The summed E-state index contributed by atoms with van der Waals surface area (Å²) >= 11 is 12.1. The third kappa shape index (κ3) is 4.15. The first-order valence-corrected chi connectivity index (χ1v) is 10.2. The van der Waals surface area contributed by atoms with Crippen LogP contribution in [0.4, 0.5) is 11.5 Å². The molecule has 0 saturated heterocycles. The second-order valence-corrected chi connectivity index (χ2v) is 7.90. The Balaban J connectivity index is 1.49. The van der Waals surface area contributed by atoms with Crippen LogP contribution in [0.2, 0.25) is 10.0 Å². The second kappa shape index (κ2) is 8.60. The first kappa shape index (κ1) is 22.4. The number of pyridine rings is 1. The van der Waals surface area contributed by atoms with Crippen molar-refractivity contribution in [3.05, 3.63) is 73.5 Å². The fraction of sp³-hybridized carbons (Fsp3) is 0.150. The highest BCUT2D eigenvalue weighted by atomic mass is 35.5. The van der Waals surface area contributed by atoms with Crippen molar-refractivity contribution < 1.29 is 19.3 Å². The Morgan fingerprint density at radius 2 is 1.97 bits per heavy atom. The van der Waals surface area contributed by atoms with E-state index in [0.717, 1.165) is 11.0 Å². The molecule has 0 aliphatic carbocycles. The number of halogens is 2. The molecule has 1 aliphatic rings. The minimum absolute atomic E-state index is 0.0632. The molecule has 11 nitrogen and oxygen atoms in total. The van der Waals surface area contributed by atoms with Crippen molar-refractivity contribution >= 4 is 52.4 Å². The molecule has 3 heterocycles. The summed E-state index contributed by atoms with van der Waals surface area (Å²) in [6.07, 6.45) is 1.14. The Bertz CT molecular complexity index is 1340. The predicted molar refractivity (Wildman–Crippen MR) is 118 cm³/mol. The molecule has 1 N–H and O–H groups in total. The molecule has 0 saturated carbocycles. The molecule has 0 fully saturated rings. The summed E-state index contributed by atoms with van der Waals surface area (Å²) in [7, 11) is 0. The minimum atomic E-state index is -0.812. The van der Waals surface area contributed by atoms with E-state index in [4.69, 9.17) is 23.2 Å². The van der Waals surface area contributed by atoms with Gasteiger partial charge in [-0.3, -0.25) is 29.4 Å². The molecule has 3 amide bonds. The fourth-order valence-electron chi connectivity index (χ4n) is 3.40. The quantitative estimate of drug-likeness (QED) is 0.318. The maximum atomic E-state index is 12.6. The van der Waals surface area contributed by atoms with Crippen molar-refractivity contribution in [1.82, 2.24) is 19.7 Å². The fourth-order valence-corrected chi connectivity index (χ4v) is 3.86. The highest BCUT2D eigenvalue weighted by molar-refractivity contribution is 6.35. The Kier molecular flexibility index (Phi) is 5.83. The van der Waals surface area contributed by atoms with Crippen LogP contribution in [0.3, 0.4) is 0 Å². The van der Waals surface area contributed by atoms with Gasteiger partial charge in [-0.25, -0.2) is 4.98 Å². The molecule has 0 unspecified atom stereocenters. The summed E-state index contributed by atoms with van der Waals surface area (Å²) in [5, 5.41) is 18.7. The minimum Gasteiger partial charge on any atom is -0.310 e. The number of hydrogen-bond acceptors (Lipinski definition) is 7. The van der Waals surface area contributed by atoms with E-state index in [1.165, 1.54) is 29.1 Å². The molecule has 168 valence electrons. The van der Waals surface area contributed by atoms with Gasteiger partial charge in [0.05, 0.1) is 26.2 Å². The average Bonchev–Trinajstić information content (AvgIpc) is 3.23. The number of nitro groups is 1. The Morgan fingerprint density at radius 1 is 1.21 bits per heavy atom. The second-order valence-electron chi connectivity index (χ2n) is 7.06. The number of nitrogens with zero attached hydrogens (tertiary/aromatic N) is 5. The molecule has 2 aromatic heterocycles. The number of anilines is 1. The van der Waals surface area contributed by atoms with E-state index in [1.807, 2.05) is 0 Å². The maximum absolute atomic E-state index is 12.6. The van der Waals surface area contributed by atoms with Gasteiger partial charge in [-0.15, -0.1) is 0 Å². The van der Waals surface area contributed by atoms with Gasteiger partial charge in [0.25, 0.3) is 17.5 Å². The molecular formula is C20H14Cl2N6O5. The average molecular weight is 489 g/mol. The molecule has 0 atom stereocenters. The van der Waals surface area contributed by atoms with Crippen LogP contribution < -0.4 is 5.32 Å². The van der Waals surface area contributed by atoms with Gasteiger partial charge in [0.1, 0.15) is 11.4 Å². The third-order valence-corrected chi connectivity index (χ3v) is 5.31. The predicted octanol–water partition coefficient (Wildman–Crippen LogP) is 3.42. The number of nitrogens with one attached hydrogen (secondary N) is 1. The van der Waals surface area contributed by atoms with Crippen LogP contribution in [0.1, 0.15) is 32.8 Å². The normalized spacial score (nSPS) is 12.8. The largest absolute Gasteiger partial charge is 0.310 e. The van der Waals surface area contributed by atoms with E-state index in [2.05, 4.69) is 15.4 Å². The van der Waals surface area contributed by atoms with Crippen LogP contribution in [-0.2, 0) is 4.79 Å². The zero-order chi connectivity index (χ0) is 23.9. The Hall–Kier alpha value is -3.83. The van der Waals surface area contributed by atoms with Crippen LogP contribution in [0.15, 0.2) is 36.5 Å². The summed E-state index contributed by atoms with van der Waals surface area (Å²) in [6.45, 7) is 1.45. The van der Waals surface area contributed by atoms with Gasteiger partial charge in [0.15, 0.2) is 5.82 Å². The van der Waals surface area contributed by atoms with E-state index < -0.39 is 28.3 Å². The number of aromatic nitrogens is 3. The standard InChI is InChI=1S/C20H14Cl2N6O5/c1-10-7-15(27(25-10)18-13(22)8-11(21)9-23-18)24-16(29)5-6-26-19(30)12-3-2-4-14(28(32)33)17(12)20(26)31/h2-4,7-9H,5-6H2,1H3,(H,24,29). The summed E-state index contributed by atoms with van der Waals surface area (Å²) in [5.41, 5.74) is -0.216. The molecule has 1 aromatic carbocycles. The number of rotatable bonds is 6. The van der Waals surface area contributed by atoms with Gasteiger partial charge in [-0.2, -0.15) is 9.78 Å². The summed E-state index contributed by atoms with van der Waals surface area (Å²) in [5.74, 6) is -1.51. The molecular weight excluding hydrogens is 475 g/mol. The lowest BCUT2D eigenvalue weighted by atomic mass is 10.1. The number of carbonyl (C=O) groups excluding carboxylic acids is 3. The van der Waals surface area contributed by atoms with Crippen molar-refractivity contribution in [3.8, 4) is 5.82 Å². The lowest BCUT2D eigenvalue weighted by Gasteiger charge is -2.14. The molecule has 33 heavy (non-hydrogen) atoms. The van der Waals surface area contributed by atoms with E-state index in [0.29, 0.717) is 10.7 Å². The third-order valence-electron chi connectivity index (χ3n) is 4.82. The van der Waals surface area contributed by atoms with Crippen LogP contribution in [0.5, 0.6) is 0 Å². The van der Waals surface area contributed by atoms with Crippen molar-refractivity contribution in [2.75, 3.05) is 11.9 Å². The highest BCUT2D eigenvalue weighted by Crippen LogP contribution is 2.31. The number of amides is 3. The Morgan fingerprint density at radius 3 is 2.67 bits per heavy atom. The molecule has 0 radical (unpaired) electrons. The van der Waals surface area contributed by atoms with Crippen LogP contribution in [0, 0.1) is 17.0 Å². The van der Waals surface area contributed by atoms with Crippen LogP contribution in [0.25, 0.3) is 5.82 Å². The number of imide groups is 1. The van der Waals surface area contributed by atoms with Crippen molar-refractivity contribution in [2.24, 2.45) is 0 Å². The summed E-state index contributed by atoms with van der Waals surface area (Å²) in [6, 6.07) is 6.90. The number of hydrogen-bond donors (Lipinski definition) is 1. The van der Waals surface area contributed by atoms with Gasteiger partial charge in [0, 0.05) is 31.3 Å². The topological polar surface area (TPSA) is 140 Å². The molecule has 1 aliphatic heterocycles. The highest BCUT2D eigenvalue weighted by Gasteiger charge is 2.40. The van der Waals surface area contributed by atoms with Gasteiger partial charge in [0.2, 0.25) is 5.91 Å². The zero-order valence-electron chi connectivity index (χ0n) is 16.9. The molecule has 13 heteroatoms. The van der Waals surface area contributed by atoms with Crippen LogP contribution in [-0.4, -0.2) is 48.9 Å². The van der Waals surface area contributed by atoms with E-state index >= 15 is 0 Å². The number of nitro benzene ring substituents is 1. The number of carbonyl (C=O) groups is 3. The van der Waals surface area contributed by atoms with Gasteiger partial charge in [-0.05, 0) is 19.1 Å². The monoisotopic (exact) mass is 488 g/mol. The van der Waals surface area contributed by atoms with Gasteiger partial charge < -0.3 is 5.32 Å². The molecule has 0 spiro atoms. The first-order chi connectivity index (χ1) is 15.7. The van der Waals surface area contributed by atoms with Gasteiger partial charge >= 0.3 is 0 Å². The molecule has 4 rings (SSSR count). The lowest BCUT2D eigenvalue weighted by Crippen LogP contribution is -2.33. The number of fused-ring (bicyclic) bond motifs is 1. The van der Waals surface area contributed by atoms with Crippen molar-refractivity contribution in [1.29, 1.82) is 0 Å². The Labute approximate surface area is 196 Å². The smallest absolute Gasteiger partial charge is 0.282 e. The maximum Gasteiger partial charge on any atom is 0.282 e. The SMILES string of the molecule is Cc1cc(NC(=O)CCN2C(=O)c3cccc([N+](=O)[O-])c3C2=O)n(-c2ncc(Cl)cc2Cl)n1. The van der Waals surface area contributed by atoms with Crippen LogP contribution >= 0.6 is 23.2 Å². The number of aryl methyl sites for hydroxylation is 1. The summed E-state index contributed by atoms with van der Waals surface area (Å²) < 4.78 is 1.33. The first-order valence-electron chi connectivity index (χ1n) is 9.49. The lowest BCUT2D eigenvalue weighted by molar-refractivity contribution is -0.385. The molecule has 0 bridgehead atoms. The van der Waals surface area contributed by atoms with E-state index in [1.54, 1.807) is 13.0 Å². The molecule has 3 aromatic rings.